The molecule has 0 aliphatic heterocycles. The van der Waals surface area contributed by atoms with Gasteiger partial charge in [0.05, 0.1) is 24.5 Å². The summed E-state index contributed by atoms with van der Waals surface area (Å²) < 4.78 is 14.6. The third kappa shape index (κ3) is 3.59. The Morgan fingerprint density at radius 3 is 3.00 bits per heavy atom. The number of nitrogens with zero attached hydrogens (tertiary/aromatic N) is 4. The average Bonchev–Trinajstić information content (AvgIpc) is 2.74. The molecule has 18 heavy (non-hydrogen) atoms. The maximum atomic E-state index is 12.9. The molecule has 1 atom stereocenters. The van der Waals surface area contributed by atoms with Crippen molar-refractivity contribution in [3.05, 3.63) is 41.7 Å². The molecule has 2 aromatic heterocycles. The summed E-state index contributed by atoms with van der Waals surface area (Å²) in [6.45, 7) is 2.18. The Morgan fingerprint density at radius 1 is 1.44 bits per heavy atom. The van der Waals surface area contributed by atoms with Gasteiger partial charge in [0.15, 0.2) is 0 Å². The van der Waals surface area contributed by atoms with E-state index in [2.05, 4.69) is 15.3 Å². The molecule has 2 heterocycles. The van der Waals surface area contributed by atoms with Crippen molar-refractivity contribution in [1.29, 1.82) is 0 Å². The summed E-state index contributed by atoms with van der Waals surface area (Å²) in [7, 11) is 0. The topological polar surface area (TPSA) is 63.8 Å². The normalized spacial score (nSPS) is 12.6. The van der Waals surface area contributed by atoms with Crippen LogP contribution in [0.25, 0.3) is 0 Å². The zero-order chi connectivity index (χ0) is 13.0. The molecule has 2 rings (SSSR count). The summed E-state index contributed by atoms with van der Waals surface area (Å²) in [6, 6.07) is 1.42. The number of aliphatic hydroxyl groups excluding tert-OH is 1. The fraction of sp³-hybridized carbons (Fsp3) is 0.417. The van der Waals surface area contributed by atoms with Crippen LogP contribution in [0.4, 0.5) is 4.39 Å². The van der Waals surface area contributed by atoms with Crippen LogP contribution in [0, 0.1) is 5.82 Å². The van der Waals surface area contributed by atoms with Gasteiger partial charge in [0.2, 0.25) is 0 Å². The molecular formula is C12H15FN4O. The van der Waals surface area contributed by atoms with Crippen LogP contribution in [0.3, 0.4) is 0 Å². The molecule has 1 N–H and O–H groups in total. The number of aryl methyl sites for hydroxylation is 1. The van der Waals surface area contributed by atoms with Gasteiger partial charge in [0, 0.05) is 12.4 Å². The lowest BCUT2D eigenvalue weighted by atomic mass is 10.2. The standard InChI is InChI=1S/C12H15FN4O/c1-9(18)2-3-12-8-17(16-15-12)7-10-4-11(13)6-14-5-10/h4-6,8-9,18H,2-3,7H2,1H3. The molecular weight excluding hydrogens is 235 g/mol. The van der Waals surface area contributed by atoms with Crippen molar-refractivity contribution >= 4 is 0 Å². The van der Waals surface area contributed by atoms with Crippen LogP contribution in [0.2, 0.25) is 0 Å². The number of aliphatic hydroxyl groups is 1. The van der Waals surface area contributed by atoms with Crippen molar-refractivity contribution in [1.82, 2.24) is 20.0 Å². The monoisotopic (exact) mass is 250 g/mol. The van der Waals surface area contributed by atoms with Gasteiger partial charge in [-0.1, -0.05) is 5.21 Å². The van der Waals surface area contributed by atoms with Crippen LogP contribution in [0.15, 0.2) is 24.7 Å². The van der Waals surface area contributed by atoms with Crippen molar-refractivity contribution in [2.75, 3.05) is 0 Å². The Labute approximate surface area is 104 Å². The van der Waals surface area contributed by atoms with Crippen LogP contribution in [0.5, 0.6) is 0 Å². The lowest BCUT2D eigenvalue weighted by Gasteiger charge is -2.00. The molecule has 2 aromatic rings. The second-order valence-corrected chi connectivity index (χ2v) is 4.31. The first-order chi connectivity index (χ1) is 8.63. The van der Waals surface area contributed by atoms with Gasteiger partial charge in [-0.25, -0.2) is 9.07 Å². The molecule has 0 aliphatic carbocycles. The van der Waals surface area contributed by atoms with E-state index in [4.69, 9.17) is 0 Å². The van der Waals surface area contributed by atoms with Gasteiger partial charge >= 0.3 is 0 Å². The first-order valence-electron chi connectivity index (χ1n) is 5.80. The summed E-state index contributed by atoms with van der Waals surface area (Å²) in [5.74, 6) is -0.359. The highest BCUT2D eigenvalue weighted by atomic mass is 19.1. The van der Waals surface area contributed by atoms with Gasteiger partial charge in [-0.05, 0) is 31.4 Å². The zero-order valence-corrected chi connectivity index (χ0v) is 10.1. The highest BCUT2D eigenvalue weighted by Crippen LogP contribution is 2.05. The van der Waals surface area contributed by atoms with E-state index in [1.807, 2.05) is 0 Å². The molecule has 6 heteroatoms. The number of aromatic nitrogens is 4. The third-order valence-electron chi connectivity index (χ3n) is 2.51. The van der Waals surface area contributed by atoms with Crippen molar-refractivity contribution in [2.24, 2.45) is 0 Å². The Bertz CT molecular complexity index is 512. The minimum absolute atomic E-state index is 0.345. The molecule has 0 bridgehead atoms. The summed E-state index contributed by atoms with van der Waals surface area (Å²) in [5.41, 5.74) is 1.56. The number of hydrogen-bond acceptors (Lipinski definition) is 4. The Kier molecular flexibility index (Phi) is 3.99. The predicted octanol–water partition coefficient (Wildman–Crippen LogP) is 1.17. The van der Waals surface area contributed by atoms with Crippen LogP contribution >= 0.6 is 0 Å². The van der Waals surface area contributed by atoms with Crippen LogP contribution < -0.4 is 0 Å². The van der Waals surface area contributed by atoms with E-state index in [0.29, 0.717) is 19.4 Å². The number of hydrogen-bond donors (Lipinski definition) is 1. The van der Waals surface area contributed by atoms with Crippen LogP contribution in [0.1, 0.15) is 24.6 Å². The lowest BCUT2D eigenvalue weighted by Crippen LogP contribution is -2.02. The van der Waals surface area contributed by atoms with Crippen LogP contribution in [-0.2, 0) is 13.0 Å². The van der Waals surface area contributed by atoms with Crippen molar-refractivity contribution in [2.45, 2.75) is 32.4 Å². The van der Waals surface area contributed by atoms with Gasteiger partial charge in [-0.3, -0.25) is 4.98 Å². The Hall–Kier alpha value is -1.82. The Morgan fingerprint density at radius 2 is 2.28 bits per heavy atom. The number of pyridine rings is 1. The van der Waals surface area contributed by atoms with Crippen LogP contribution in [-0.4, -0.2) is 31.2 Å². The van der Waals surface area contributed by atoms with Crippen molar-refractivity contribution in [3.63, 3.8) is 0 Å². The van der Waals surface area contributed by atoms with Gasteiger partial charge in [0.1, 0.15) is 5.82 Å². The second-order valence-electron chi connectivity index (χ2n) is 4.31. The second kappa shape index (κ2) is 5.68. The minimum atomic E-state index is -0.359. The zero-order valence-electron chi connectivity index (χ0n) is 10.1. The van der Waals surface area contributed by atoms with Gasteiger partial charge in [0.25, 0.3) is 0 Å². The molecule has 0 radical (unpaired) electrons. The maximum Gasteiger partial charge on any atom is 0.141 e. The maximum absolute atomic E-state index is 12.9. The molecule has 0 aliphatic rings. The van der Waals surface area contributed by atoms with E-state index < -0.39 is 0 Å². The van der Waals surface area contributed by atoms with Crippen molar-refractivity contribution in [3.8, 4) is 0 Å². The smallest absolute Gasteiger partial charge is 0.141 e. The predicted molar refractivity (Wildman–Crippen MR) is 63.3 cm³/mol. The van der Waals surface area contributed by atoms with Gasteiger partial charge in [-0.15, -0.1) is 5.10 Å². The summed E-state index contributed by atoms with van der Waals surface area (Å²) in [5, 5.41) is 17.1. The quantitative estimate of drug-likeness (QED) is 0.865. The van der Waals surface area contributed by atoms with Crippen molar-refractivity contribution < 1.29 is 9.50 Å². The van der Waals surface area contributed by atoms with E-state index in [0.717, 1.165) is 11.3 Å². The molecule has 96 valence electrons. The molecule has 0 saturated carbocycles. The van der Waals surface area contributed by atoms with E-state index >= 15 is 0 Å². The Balaban J connectivity index is 1.98. The highest BCUT2D eigenvalue weighted by Gasteiger charge is 2.04. The third-order valence-corrected chi connectivity index (χ3v) is 2.51. The van der Waals surface area contributed by atoms with E-state index in [1.165, 1.54) is 12.3 Å². The number of halogens is 1. The fourth-order valence-electron chi connectivity index (χ4n) is 1.62. The average molecular weight is 250 g/mol. The summed E-state index contributed by atoms with van der Waals surface area (Å²) in [4.78, 5) is 3.78. The molecule has 5 nitrogen and oxygen atoms in total. The first kappa shape index (κ1) is 12.6. The van der Waals surface area contributed by atoms with E-state index in [-0.39, 0.29) is 11.9 Å². The fourth-order valence-corrected chi connectivity index (χ4v) is 1.62. The lowest BCUT2D eigenvalue weighted by molar-refractivity contribution is 0.184. The largest absolute Gasteiger partial charge is 0.393 e. The molecule has 0 spiro atoms. The molecule has 0 aromatic carbocycles. The molecule has 1 unspecified atom stereocenters. The highest BCUT2D eigenvalue weighted by molar-refractivity contribution is 5.10. The summed E-state index contributed by atoms with van der Waals surface area (Å²) in [6.07, 6.45) is 5.55. The minimum Gasteiger partial charge on any atom is -0.393 e. The van der Waals surface area contributed by atoms with Gasteiger partial charge < -0.3 is 5.11 Å². The molecule has 0 fully saturated rings. The number of rotatable bonds is 5. The van der Waals surface area contributed by atoms with Gasteiger partial charge in [-0.2, -0.15) is 0 Å². The SMILES string of the molecule is CC(O)CCc1cn(Cc2cncc(F)c2)nn1. The first-order valence-corrected chi connectivity index (χ1v) is 5.80. The van der Waals surface area contributed by atoms with E-state index in [9.17, 15) is 9.50 Å². The molecule has 0 amide bonds. The summed E-state index contributed by atoms with van der Waals surface area (Å²) >= 11 is 0. The molecule has 0 saturated heterocycles. The van der Waals surface area contributed by atoms with E-state index in [1.54, 1.807) is 24.0 Å².